The van der Waals surface area contributed by atoms with Crippen LogP contribution in [0, 0.1) is 5.92 Å². The number of nitrogens with one attached hydrogen (secondary N) is 2. The third-order valence-electron chi connectivity index (χ3n) is 4.80. The predicted molar refractivity (Wildman–Crippen MR) is 97.7 cm³/mol. The third kappa shape index (κ3) is 4.82. The second-order valence-electron chi connectivity index (χ2n) is 6.90. The van der Waals surface area contributed by atoms with Crippen molar-refractivity contribution in [2.75, 3.05) is 26.3 Å². The molecule has 0 aromatic carbocycles. The number of hydrogen-bond acceptors (Lipinski definition) is 5. The quantitative estimate of drug-likeness (QED) is 0.772. The number of carbonyl (C=O) groups excluding carboxylic acids is 3. The van der Waals surface area contributed by atoms with Crippen molar-refractivity contribution in [2.24, 2.45) is 5.92 Å². The van der Waals surface area contributed by atoms with Gasteiger partial charge in [-0.05, 0) is 36.8 Å². The zero-order valence-corrected chi connectivity index (χ0v) is 15.8. The fraction of sp³-hybridized carbons (Fsp3) is 0.611. The van der Waals surface area contributed by atoms with E-state index in [0.29, 0.717) is 37.1 Å². The molecule has 0 radical (unpaired) electrons. The highest BCUT2D eigenvalue weighted by atomic mass is 32.1. The topological polar surface area (TPSA) is 87.7 Å². The van der Waals surface area contributed by atoms with Gasteiger partial charge in [0.25, 0.3) is 5.91 Å². The number of ether oxygens (including phenoxy) is 1. The molecule has 26 heavy (non-hydrogen) atoms. The zero-order chi connectivity index (χ0) is 18.5. The Bertz CT molecular complexity index is 682. The molecule has 1 aromatic heterocycles. The molecule has 1 atom stereocenters. The zero-order valence-electron chi connectivity index (χ0n) is 15.0. The average molecular weight is 379 g/mol. The molecule has 3 rings (SSSR count). The van der Waals surface area contributed by atoms with E-state index in [1.54, 1.807) is 4.90 Å². The van der Waals surface area contributed by atoms with Crippen LogP contribution in [0.1, 0.15) is 46.3 Å². The highest BCUT2D eigenvalue weighted by Gasteiger charge is 2.21. The maximum Gasteiger partial charge on any atom is 0.279 e. The van der Waals surface area contributed by atoms with E-state index in [4.69, 9.17) is 4.74 Å². The fourth-order valence-electron chi connectivity index (χ4n) is 3.26. The van der Waals surface area contributed by atoms with Crippen molar-refractivity contribution in [3.63, 3.8) is 0 Å². The van der Waals surface area contributed by atoms with Crippen LogP contribution in [0.15, 0.2) is 6.07 Å². The molecule has 8 heteroatoms. The lowest BCUT2D eigenvalue weighted by Gasteiger charge is -2.26. The first-order valence-corrected chi connectivity index (χ1v) is 9.91. The molecule has 0 bridgehead atoms. The van der Waals surface area contributed by atoms with E-state index >= 15 is 0 Å². The molecule has 1 aliphatic heterocycles. The Morgan fingerprint density at radius 1 is 1.23 bits per heavy atom. The van der Waals surface area contributed by atoms with E-state index < -0.39 is 0 Å². The molecule has 2 heterocycles. The van der Waals surface area contributed by atoms with E-state index in [1.807, 2.05) is 6.07 Å². The van der Waals surface area contributed by atoms with Crippen molar-refractivity contribution >= 4 is 29.1 Å². The summed E-state index contributed by atoms with van der Waals surface area (Å²) in [6.45, 7) is 4.44. The van der Waals surface area contributed by atoms with Gasteiger partial charge in [0.2, 0.25) is 11.8 Å². The number of fused-ring (bicyclic) bond motifs is 1. The highest BCUT2D eigenvalue weighted by Crippen LogP contribution is 2.32. The molecule has 2 N–H and O–H groups in total. The lowest BCUT2D eigenvalue weighted by molar-refractivity contribution is -0.137. The van der Waals surface area contributed by atoms with Crippen LogP contribution in [0.2, 0.25) is 0 Å². The molecular weight excluding hydrogens is 354 g/mol. The SMILES string of the molecule is C[C@@H]1CCc2sc(C(=O)NNC(=O)CCC(=O)N3CCOCC3)cc2C1. The fourth-order valence-corrected chi connectivity index (χ4v) is 4.36. The largest absolute Gasteiger partial charge is 0.378 e. The van der Waals surface area contributed by atoms with Gasteiger partial charge in [-0.15, -0.1) is 11.3 Å². The van der Waals surface area contributed by atoms with Gasteiger partial charge in [-0.3, -0.25) is 25.2 Å². The number of carbonyl (C=O) groups is 3. The summed E-state index contributed by atoms with van der Waals surface area (Å²) in [7, 11) is 0. The second kappa shape index (κ2) is 8.64. The number of hydrazine groups is 1. The van der Waals surface area contributed by atoms with Crippen molar-refractivity contribution < 1.29 is 19.1 Å². The van der Waals surface area contributed by atoms with E-state index in [-0.39, 0.29) is 30.6 Å². The number of thiophene rings is 1. The summed E-state index contributed by atoms with van der Waals surface area (Å²) < 4.78 is 5.20. The summed E-state index contributed by atoms with van der Waals surface area (Å²) in [5.74, 6) is -0.0774. The van der Waals surface area contributed by atoms with Gasteiger partial charge < -0.3 is 9.64 Å². The van der Waals surface area contributed by atoms with Crippen LogP contribution >= 0.6 is 11.3 Å². The molecule has 142 valence electrons. The molecule has 7 nitrogen and oxygen atoms in total. The van der Waals surface area contributed by atoms with Gasteiger partial charge in [0.15, 0.2) is 0 Å². The van der Waals surface area contributed by atoms with E-state index in [1.165, 1.54) is 21.8 Å². The molecule has 0 unspecified atom stereocenters. The Labute approximate surface area is 157 Å². The Kier molecular flexibility index (Phi) is 6.26. The van der Waals surface area contributed by atoms with Gasteiger partial charge in [-0.25, -0.2) is 0 Å². The van der Waals surface area contributed by atoms with Crippen LogP contribution in [0.4, 0.5) is 0 Å². The normalized spacial score (nSPS) is 19.6. The number of hydrogen-bond donors (Lipinski definition) is 2. The van der Waals surface area contributed by atoms with Crippen molar-refractivity contribution in [2.45, 2.75) is 39.0 Å². The van der Waals surface area contributed by atoms with Gasteiger partial charge in [-0.2, -0.15) is 0 Å². The number of aryl methyl sites for hydroxylation is 1. The summed E-state index contributed by atoms with van der Waals surface area (Å²) in [4.78, 5) is 39.7. The van der Waals surface area contributed by atoms with E-state index in [9.17, 15) is 14.4 Å². The summed E-state index contributed by atoms with van der Waals surface area (Å²) in [5.41, 5.74) is 6.10. The molecule has 0 saturated carbocycles. The van der Waals surface area contributed by atoms with E-state index in [2.05, 4.69) is 17.8 Å². The number of nitrogens with zero attached hydrogens (tertiary/aromatic N) is 1. The number of amides is 3. The van der Waals surface area contributed by atoms with Crippen molar-refractivity contribution in [3.05, 3.63) is 21.4 Å². The lowest BCUT2D eigenvalue weighted by atomic mass is 9.90. The molecule has 1 aliphatic carbocycles. The molecule has 1 aromatic rings. The first-order valence-electron chi connectivity index (χ1n) is 9.09. The summed E-state index contributed by atoms with van der Waals surface area (Å²) in [6, 6.07) is 1.93. The molecule has 1 fully saturated rings. The Hall–Kier alpha value is -1.93. The predicted octanol–water partition coefficient (Wildman–Crippen LogP) is 1.27. The maximum atomic E-state index is 12.2. The molecule has 2 aliphatic rings. The van der Waals surface area contributed by atoms with Crippen LogP contribution < -0.4 is 10.9 Å². The minimum absolute atomic E-state index is 0.0505. The standard InChI is InChI=1S/C18H25N3O4S/c1-12-2-3-14-13(10-12)11-15(26-14)18(24)20-19-16(22)4-5-17(23)21-6-8-25-9-7-21/h11-12H,2-10H2,1H3,(H,19,22)(H,20,24)/t12-/m1/s1. The van der Waals surface area contributed by atoms with Crippen LogP contribution in [-0.4, -0.2) is 48.9 Å². The Morgan fingerprint density at radius 2 is 2.00 bits per heavy atom. The average Bonchev–Trinajstić information content (AvgIpc) is 3.08. The van der Waals surface area contributed by atoms with Gasteiger partial charge in [0.1, 0.15) is 0 Å². The second-order valence-corrected chi connectivity index (χ2v) is 8.04. The summed E-state index contributed by atoms with van der Waals surface area (Å²) in [5, 5.41) is 0. The minimum Gasteiger partial charge on any atom is -0.378 e. The number of rotatable bonds is 4. The van der Waals surface area contributed by atoms with Crippen molar-refractivity contribution in [3.8, 4) is 0 Å². The monoisotopic (exact) mass is 379 g/mol. The van der Waals surface area contributed by atoms with E-state index in [0.717, 1.165) is 19.3 Å². The first-order chi connectivity index (χ1) is 12.5. The third-order valence-corrected chi connectivity index (χ3v) is 6.03. The van der Waals surface area contributed by atoms with Crippen molar-refractivity contribution in [1.29, 1.82) is 0 Å². The van der Waals surface area contributed by atoms with Gasteiger partial charge in [-0.1, -0.05) is 6.92 Å². The van der Waals surface area contributed by atoms with Crippen LogP contribution in [0.3, 0.4) is 0 Å². The number of morpholine rings is 1. The smallest absolute Gasteiger partial charge is 0.279 e. The van der Waals surface area contributed by atoms with Crippen LogP contribution in [0.25, 0.3) is 0 Å². The van der Waals surface area contributed by atoms with Crippen LogP contribution in [0.5, 0.6) is 0 Å². The van der Waals surface area contributed by atoms with Gasteiger partial charge in [0, 0.05) is 30.8 Å². The highest BCUT2D eigenvalue weighted by molar-refractivity contribution is 7.14. The Morgan fingerprint density at radius 3 is 2.77 bits per heavy atom. The maximum absolute atomic E-state index is 12.2. The molecule has 3 amide bonds. The van der Waals surface area contributed by atoms with Crippen LogP contribution in [-0.2, 0) is 27.2 Å². The lowest BCUT2D eigenvalue weighted by Crippen LogP contribution is -2.43. The minimum atomic E-state index is -0.366. The summed E-state index contributed by atoms with van der Waals surface area (Å²) >= 11 is 1.50. The molecule has 0 spiro atoms. The summed E-state index contributed by atoms with van der Waals surface area (Å²) in [6.07, 6.45) is 3.36. The molecule has 1 saturated heterocycles. The first kappa shape index (κ1) is 18.8. The van der Waals surface area contributed by atoms with Crippen molar-refractivity contribution in [1.82, 2.24) is 15.8 Å². The van der Waals surface area contributed by atoms with Gasteiger partial charge in [0.05, 0.1) is 18.1 Å². The molecular formula is C18H25N3O4S. The Balaban J connectivity index is 1.41. The van der Waals surface area contributed by atoms with Gasteiger partial charge >= 0.3 is 0 Å².